The number of amides is 2. The van der Waals surface area contributed by atoms with Crippen molar-refractivity contribution in [3.63, 3.8) is 0 Å². The molecule has 0 aliphatic carbocycles. The molecule has 18 heavy (non-hydrogen) atoms. The van der Waals surface area contributed by atoms with Crippen LogP contribution in [0.5, 0.6) is 0 Å². The average Bonchev–Trinajstić information content (AvgIpc) is 2.34. The van der Waals surface area contributed by atoms with Crippen LogP contribution in [0.25, 0.3) is 0 Å². The lowest BCUT2D eigenvalue weighted by molar-refractivity contribution is 0.0564. The van der Waals surface area contributed by atoms with Gasteiger partial charge in [0.05, 0.1) is 13.2 Å². The summed E-state index contributed by atoms with van der Waals surface area (Å²) in [6, 6.07) is 0.387. The average molecular weight is 260 g/mol. The number of ether oxygens (including phenoxy) is 1. The number of urea groups is 1. The number of nitrogens with zero attached hydrogens (tertiary/aromatic N) is 1. The molecular weight excluding hydrogens is 249 g/mol. The summed E-state index contributed by atoms with van der Waals surface area (Å²) in [5, 5.41) is 2.09. The largest absolute Gasteiger partial charge is 0.378 e. The highest BCUT2D eigenvalue weighted by molar-refractivity contribution is 5.89. The highest BCUT2D eigenvalue weighted by Gasteiger charge is 2.20. The molecule has 1 aromatic rings. The maximum absolute atomic E-state index is 13.3. The summed E-state index contributed by atoms with van der Waals surface area (Å²) >= 11 is 0. The molecule has 1 heterocycles. The Hall–Kier alpha value is -1.76. The third kappa shape index (κ3) is 2.73. The van der Waals surface area contributed by atoms with Crippen LogP contribution in [0.4, 0.5) is 23.7 Å². The number of hydrogen-bond acceptors (Lipinski definition) is 2. The maximum Gasteiger partial charge on any atom is 0.322 e. The van der Waals surface area contributed by atoms with Gasteiger partial charge in [0, 0.05) is 25.2 Å². The van der Waals surface area contributed by atoms with E-state index in [1.807, 2.05) is 0 Å². The molecule has 0 unspecified atom stereocenters. The van der Waals surface area contributed by atoms with Crippen LogP contribution in [-0.2, 0) is 4.74 Å². The molecule has 0 bridgehead atoms. The van der Waals surface area contributed by atoms with Crippen molar-refractivity contribution in [3.05, 3.63) is 29.6 Å². The second-order valence-corrected chi connectivity index (χ2v) is 3.77. The van der Waals surface area contributed by atoms with Gasteiger partial charge in [-0.05, 0) is 0 Å². The molecule has 0 atom stereocenters. The van der Waals surface area contributed by atoms with E-state index < -0.39 is 29.2 Å². The van der Waals surface area contributed by atoms with Crippen molar-refractivity contribution in [2.24, 2.45) is 0 Å². The van der Waals surface area contributed by atoms with Gasteiger partial charge in [-0.2, -0.15) is 0 Å². The minimum absolute atomic E-state index is 0.344. The summed E-state index contributed by atoms with van der Waals surface area (Å²) in [4.78, 5) is 13.1. The Labute approximate surface area is 101 Å². The van der Waals surface area contributed by atoms with E-state index in [4.69, 9.17) is 4.74 Å². The number of rotatable bonds is 1. The van der Waals surface area contributed by atoms with Gasteiger partial charge in [-0.1, -0.05) is 0 Å². The lowest BCUT2D eigenvalue weighted by Crippen LogP contribution is -2.43. The zero-order valence-electron chi connectivity index (χ0n) is 9.38. The SMILES string of the molecule is O=C(Nc1c(F)cc(F)cc1F)N1CCOCC1. The van der Waals surface area contributed by atoms with Crippen molar-refractivity contribution in [1.82, 2.24) is 4.90 Å². The van der Waals surface area contributed by atoms with Gasteiger partial charge in [-0.15, -0.1) is 0 Å². The van der Waals surface area contributed by atoms with Gasteiger partial charge in [0.1, 0.15) is 11.5 Å². The molecule has 0 aromatic heterocycles. The van der Waals surface area contributed by atoms with Gasteiger partial charge in [0.2, 0.25) is 0 Å². The zero-order chi connectivity index (χ0) is 13.1. The Balaban J connectivity index is 2.11. The number of benzene rings is 1. The zero-order valence-corrected chi connectivity index (χ0v) is 9.38. The van der Waals surface area contributed by atoms with Crippen LogP contribution in [0.1, 0.15) is 0 Å². The van der Waals surface area contributed by atoms with Crippen LogP contribution < -0.4 is 5.32 Å². The normalized spacial score (nSPS) is 15.6. The summed E-state index contributed by atoms with van der Waals surface area (Å²) in [5.74, 6) is -3.32. The first kappa shape index (κ1) is 12.7. The minimum atomic E-state index is -1.14. The summed E-state index contributed by atoms with van der Waals surface area (Å²) in [6.07, 6.45) is 0. The smallest absolute Gasteiger partial charge is 0.322 e. The predicted octanol–water partition coefficient (Wildman–Crippen LogP) is 1.97. The van der Waals surface area contributed by atoms with Gasteiger partial charge in [0.25, 0.3) is 0 Å². The quantitative estimate of drug-likeness (QED) is 0.838. The third-order valence-corrected chi connectivity index (χ3v) is 2.54. The van der Waals surface area contributed by atoms with E-state index in [2.05, 4.69) is 5.32 Å². The van der Waals surface area contributed by atoms with E-state index >= 15 is 0 Å². The number of nitrogens with one attached hydrogen (secondary N) is 1. The van der Waals surface area contributed by atoms with Crippen LogP contribution in [0, 0.1) is 17.5 Å². The highest BCUT2D eigenvalue weighted by atomic mass is 19.1. The van der Waals surface area contributed by atoms with E-state index in [0.29, 0.717) is 38.4 Å². The summed E-state index contributed by atoms with van der Waals surface area (Å²) < 4.78 is 44.3. The molecule has 0 spiro atoms. The Morgan fingerprint density at radius 3 is 2.28 bits per heavy atom. The molecule has 1 aliphatic rings. The van der Waals surface area contributed by atoms with Gasteiger partial charge in [-0.25, -0.2) is 18.0 Å². The van der Waals surface area contributed by atoms with E-state index in [1.54, 1.807) is 0 Å². The maximum atomic E-state index is 13.3. The first-order valence-electron chi connectivity index (χ1n) is 5.36. The van der Waals surface area contributed by atoms with Crippen LogP contribution in [0.2, 0.25) is 0 Å². The first-order valence-corrected chi connectivity index (χ1v) is 5.36. The standard InChI is InChI=1S/C11H11F3N2O2/c12-7-5-8(13)10(9(14)6-7)15-11(17)16-1-3-18-4-2-16/h5-6H,1-4H2,(H,15,17). The van der Waals surface area contributed by atoms with Crippen molar-refractivity contribution in [3.8, 4) is 0 Å². The van der Waals surface area contributed by atoms with Gasteiger partial charge in [0.15, 0.2) is 11.6 Å². The molecular formula is C11H11F3N2O2. The molecule has 1 saturated heterocycles. The monoisotopic (exact) mass is 260 g/mol. The van der Waals surface area contributed by atoms with Crippen molar-refractivity contribution in [1.29, 1.82) is 0 Å². The van der Waals surface area contributed by atoms with Gasteiger partial charge >= 0.3 is 6.03 Å². The van der Waals surface area contributed by atoms with Gasteiger partial charge in [-0.3, -0.25) is 0 Å². The van der Waals surface area contributed by atoms with Crippen LogP contribution >= 0.6 is 0 Å². The Morgan fingerprint density at radius 2 is 1.72 bits per heavy atom. The molecule has 0 saturated carbocycles. The molecule has 1 aliphatic heterocycles. The molecule has 2 amide bonds. The van der Waals surface area contributed by atoms with E-state index in [9.17, 15) is 18.0 Å². The van der Waals surface area contributed by atoms with Crippen molar-refractivity contribution >= 4 is 11.7 Å². The van der Waals surface area contributed by atoms with Gasteiger partial charge < -0.3 is 15.0 Å². The van der Waals surface area contributed by atoms with Crippen molar-refractivity contribution in [2.45, 2.75) is 0 Å². The number of carbonyl (C=O) groups is 1. The summed E-state index contributed by atoms with van der Waals surface area (Å²) in [6.45, 7) is 1.44. The molecule has 0 radical (unpaired) electrons. The molecule has 98 valence electrons. The lowest BCUT2D eigenvalue weighted by atomic mass is 10.3. The number of anilines is 1. The van der Waals surface area contributed by atoms with E-state index in [0.717, 1.165) is 0 Å². The number of hydrogen-bond donors (Lipinski definition) is 1. The van der Waals surface area contributed by atoms with Crippen LogP contribution in [0.3, 0.4) is 0 Å². The fraction of sp³-hybridized carbons (Fsp3) is 0.364. The van der Waals surface area contributed by atoms with E-state index in [-0.39, 0.29) is 0 Å². The van der Waals surface area contributed by atoms with E-state index in [1.165, 1.54) is 4.90 Å². The fourth-order valence-electron chi connectivity index (χ4n) is 1.61. The molecule has 1 aromatic carbocycles. The van der Waals surface area contributed by atoms with Crippen LogP contribution in [-0.4, -0.2) is 37.2 Å². The topological polar surface area (TPSA) is 41.6 Å². The number of halogens is 3. The molecule has 1 N–H and O–H groups in total. The Morgan fingerprint density at radius 1 is 1.17 bits per heavy atom. The fourth-order valence-corrected chi connectivity index (χ4v) is 1.61. The summed E-state index contributed by atoms with van der Waals surface area (Å²) in [5.41, 5.74) is -0.645. The van der Waals surface area contributed by atoms with Crippen molar-refractivity contribution < 1.29 is 22.7 Å². The Bertz CT molecular complexity index is 439. The van der Waals surface area contributed by atoms with Crippen molar-refractivity contribution in [2.75, 3.05) is 31.6 Å². The Kier molecular flexibility index (Phi) is 3.71. The second-order valence-electron chi connectivity index (χ2n) is 3.77. The summed E-state index contributed by atoms with van der Waals surface area (Å²) in [7, 11) is 0. The second kappa shape index (κ2) is 5.26. The first-order chi connectivity index (χ1) is 8.58. The number of carbonyl (C=O) groups excluding carboxylic acids is 1. The minimum Gasteiger partial charge on any atom is -0.378 e. The number of morpholine rings is 1. The molecule has 2 rings (SSSR count). The molecule has 4 nitrogen and oxygen atoms in total. The van der Waals surface area contributed by atoms with Crippen LogP contribution in [0.15, 0.2) is 12.1 Å². The lowest BCUT2D eigenvalue weighted by Gasteiger charge is -2.27. The highest BCUT2D eigenvalue weighted by Crippen LogP contribution is 2.20. The third-order valence-electron chi connectivity index (χ3n) is 2.54. The molecule has 7 heteroatoms. The molecule has 1 fully saturated rings. The predicted molar refractivity (Wildman–Crippen MR) is 57.7 cm³/mol.